The number of hydrogen-bond donors (Lipinski definition) is 1. The Morgan fingerprint density at radius 1 is 1.25 bits per heavy atom. The van der Waals surface area contributed by atoms with E-state index in [1.807, 2.05) is 30.3 Å². The van der Waals surface area contributed by atoms with Crippen molar-refractivity contribution in [3.8, 4) is 16.5 Å². The highest BCUT2D eigenvalue weighted by atomic mass is 32.1. The molecule has 1 aromatic carbocycles. The van der Waals surface area contributed by atoms with E-state index in [0.29, 0.717) is 10.4 Å². The Hall–Kier alpha value is -2.16. The Balaban J connectivity index is 1.55. The number of nitriles is 1. The molecule has 0 radical (unpaired) electrons. The molecule has 5 heteroatoms. The molecule has 0 aliphatic carbocycles. The van der Waals surface area contributed by atoms with E-state index in [0.717, 1.165) is 35.9 Å². The third kappa shape index (κ3) is 2.83. The molecule has 1 unspecified atom stereocenters. The zero-order valence-corrected chi connectivity index (χ0v) is 14.2. The molecule has 122 valence electrons. The first-order valence-electron chi connectivity index (χ1n) is 8.39. The molecule has 3 fully saturated rings. The third-order valence-electron chi connectivity index (χ3n) is 5.06. The van der Waals surface area contributed by atoms with Crippen molar-refractivity contribution in [2.75, 3.05) is 13.1 Å². The first-order chi connectivity index (χ1) is 11.7. The largest absolute Gasteiger partial charge is 0.336 e. The lowest BCUT2D eigenvalue weighted by atomic mass is 9.86. The first-order valence-corrected chi connectivity index (χ1v) is 9.20. The second kappa shape index (κ2) is 6.39. The van der Waals surface area contributed by atoms with E-state index in [1.54, 1.807) is 6.07 Å². The molecule has 0 spiro atoms. The van der Waals surface area contributed by atoms with Crippen molar-refractivity contribution >= 4 is 17.2 Å². The Morgan fingerprint density at radius 3 is 2.62 bits per heavy atom. The molecule has 4 nitrogen and oxygen atoms in total. The van der Waals surface area contributed by atoms with Crippen LogP contribution in [0.3, 0.4) is 0 Å². The van der Waals surface area contributed by atoms with Crippen molar-refractivity contribution in [3.05, 3.63) is 46.8 Å². The number of thiophene rings is 1. The Labute approximate surface area is 145 Å². The number of piperidine rings is 3. The molecule has 1 N–H and O–H groups in total. The highest BCUT2D eigenvalue weighted by molar-refractivity contribution is 7.17. The summed E-state index contributed by atoms with van der Waals surface area (Å²) < 4.78 is 0. The van der Waals surface area contributed by atoms with Crippen molar-refractivity contribution in [3.63, 3.8) is 0 Å². The summed E-state index contributed by atoms with van der Waals surface area (Å²) in [5.74, 6) is 0.689. The number of carbonyl (C=O) groups is 1. The standard InChI is InChI=1S/C19H19N3OS/c20-12-15-11-16(24-18(15)14-4-2-1-3-5-14)19(23)21-17-10-13-6-8-22(17)9-7-13/h1-5,11,13,17H,6-10H2,(H,21,23). The van der Waals surface area contributed by atoms with Crippen LogP contribution in [0, 0.1) is 17.2 Å². The zero-order valence-electron chi connectivity index (χ0n) is 13.4. The molecule has 1 atom stereocenters. The van der Waals surface area contributed by atoms with Crippen LogP contribution in [0.5, 0.6) is 0 Å². The number of hydrogen-bond acceptors (Lipinski definition) is 4. The summed E-state index contributed by atoms with van der Waals surface area (Å²) in [6.07, 6.45) is 3.70. The fraction of sp³-hybridized carbons (Fsp3) is 0.368. The zero-order chi connectivity index (χ0) is 16.5. The van der Waals surface area contributed by atoms with Crippen LogP contribution in [0.15, 0.2) is 36.4 Å². The molecular weight excluding hydrogens is 318 g/mol. The van der Waals surface area contributed by atoms with E-state index in [9.17, 15) is 10.1 Å². The minimum atomic E-state index is -0.0590. The van der Waals surface area contributed by atoms with Gasteiger partial charge in [-0.2, -0.15) is 5.26 Å². The summed E-state index contributed by atoms with van der Waals surface area (Å²) in [5, 5.41) is 12.6. The van der Waals surface area contributed by atoms with E-state index in [4.69, 9.17) is 0 Å². The summed E-state index contributed by atoms with van der Waals surface area (Å²) in [5.41, 5.74) is 1.56. The normalized spacial score (nSPS) is 25.2. The highest BCUT2D eigenvalue weighted by Crippen LogP contribution is 2.34. The predicted molar refractivity (Wildman–Crippen MR) is 94.6 cm³/mol. The fourth-order valence-electron chi connectivity index (χ4n) is 3.73. The minimum Gasteiger partial charge on any atom is -0.336 e. The Bertz CT molecular complexity index is 785. The van der Waals surface area contributed by atoms with E-state index in [2.05, 4.69) is 16.3 Å². The van der Waals surface area contributed by atoms with E-state index in [1.165, 1.54) is 24.2 Å². The van der Waals surface area contributed by atoms with E-state index < -0.39 is 0 Å². The maximum absolute atomic E-state index is 12.7. The van der Waals surface area contributed by atoms with Crippen LogP contribution in [-0.4, -0.2) is 30.1 Å². The SMILES string of the molecule is N#Cc1cc(C(=O)NC2CC3CCN2CC3)sc1-c1ccccc1. The smallest absolute Gasteiger partial charge is 0.262 e. The van der Waals surface area contributed by atoms with Gasteiger partial charge in [0.25, 0.3) is 5.91 Å². The Kier molecular flexibility index (Phi) is 4.09. The first kappa shape index (κ1) is 15.4. The minimum absolute atomic E-state index is 0.0590. The van der Waals surface area contributed by atoms with Crippen molar-refractivity contribution in [1.82, 2.24) is 10.2 Å². The maximum Gasteiger partial charge on any atom is 0.262 e. The molecule has 3 aliphatic rings. The second-order valence-electron chi connectivity index (χ2n) is 6.54. The molecule has 4 heterocycles. The molecule has 1 amide bonds. The number of amides is 1. The molecule has 1 aromatic heterocycles. The van der Waals surface area contributed by atoms with Crippen LogP contribution in [-0.2, 0) is 0 Å². The van der Waals surface area contributed by atoms with Gasteiger partial charge in [0.1, 0.15) is 6.07 Å². The molecular formula is C19H19N3OS. The summed E-state index contributed by atoms with van der Waals surface area (Å²) in [4.78, 5) is 16.5. The highest BCUT2D eigenvalue weighted by Gasteiger charge is 2.34. The fourth-order valence-corrected chi connectivity index (χ4v) is 4.74. The van der Waals surface area contributed by atoms with Gasteiger partial charge in [-0.25, -0.2) is 0 Å². The lowest BCUT2D eigenvalue weighted by Crippen LogP contribution is -2.56. The van der Waals surface area contributed by atoms with Crippen LogP contribution in [0.25, 0.3) is 10.4 Å². The number of fused-ring (bicyclic) bond motifs is 3. The topological polar surface area (TPSA) is 56.1 Å². The van der Waals surface area contributed by atoms with Gasteiger partial charge in [0.05, 0.1) is 21.5 Å². The summed E-state index contributed by atoms with van der Waals surface area (Å²) >= 11 is 1.40. The quantitative estimate of drug-likeness (QED) is 0.933. The summed E-state index contributed by atoms with van der Waals surface area (Å²) in [6, 6.07) is 13.7. The van der Waals surface area contributed by atoms with Crippen LogP contribution < -0.4 is 5.32 Å². The molecule has 5 rings (SSSR count). The van der Waals surface area contributed by atoms with Gasteiger partial charge in [0.2, 0.25) is 0 Å². The monoisotopic (exact) mass is 337 g/mol. The average molecular weight is 337 g/mol. The lowest BCUT2D eigenvalue weighted by molar-refractivity contribution is 0.0296. The number of rotatable bonds is 3. The van der Waals surface area contributed by atoms with Crippen LogP contribution in [0.1, 0.15) is 34.5 Å². The molecule has 0 saturated carbocycles. The van der Waals surface area contributed by atoms with Crippen molar-refractivity contribution in [2.45, 2.75) is 25.4 Å². The molecule has 2 bridgehead atoms. The number of carbonyl (C=O) groups excluding carboxylic acids is 1. The van der Waals surface area contributed by atoms with Gasteiger partial charge in [-0.15, -0.1) is 11.3 Å². The second-order valence-corrected chi connectivity index (χ2v) is 7.59. The van der Waals surface area contributed by atoms with Crippen LogP contribution >= 0.6 is 11.3 Å². The molecule has 2 aromatic rings. The van der Waals surface area contributed by atoms with Gasteiger partial charge in [-0.05, 0) is 36.8 Å². The van der Waals surface area contributed by atoms with E-state index >= 15 is 0 Å². The molecule has 3 aliphatic heterocycles. The van der Waals surface area contributed by atoms with Gasteiger partial charge in [0.15, 0.2) is 0 Å². The van der Waals surface area contributed by atoms with Crippen molar-refractivity contribution in [1.29, 1.82) is 5.26 Å². The van der Waals surface area contributed by atoms with Crippen LogP contribution in [0.4, 0.5) is 0 Å². The number of nitrogens with one attached hydrogen (secondary N) is 1. The summed E-state index contributed by atoms with van der Waals surface area (Å²) in [6.45, 7) is 2.16. The third-order valence-corrected chi connectivity index (χ3v) is 6.24. The van der Waals surface area contributed by atoms with Crippen molar-refractivity contribution in [2.24, 2.45) is 5.92 Å². The van der Waals surface area contributed by atoms with Gasteiger partial charge < -0.3 is 5.32 Å². The molecule has 24 heavy (non-hydrogen) atoms. The average Bonchev–Trinajstić information content (AvgIpc) is 3.08. The van der Waals surface area contributed by atoms with Gasteiger partial charge in [-0.3, -0.25) is 9.69 Å². The van der Waals surface area contributed by atoms with Gasteiger partial charge in [0, 0.05) is 13.1 Å². The van der Waals surface area contributed by atoms with Gasteiger partial charge in [-0.1, -0.05) is 30.3 Å². The number of benzene rings is 1. The van der Waals surface area contributed by atoms with Crippen LogP contribution in [0.2, 0.25) is 0 Å². The van der Waals surface area contributed by atoms with Gasteiger partial charge >= 0.3 is 0 Å². The van der Waals surface area contributed by atoms with Crippen molar-refractivity contribution < 1.29 is 4.79 Å². The summed E-state index contributed by atoms with van der Waals surface area (Å²) in [7, 11) is 0. The lowest BCUT2D eigenvalue weighted by Gasteiger charge is -2.45. The predicted octanol–water partition coefficient (Wildman–Crippen LogP) is 3.46. The molecule has 3 saturated heterocycles. The Morgan fingerprint density at radius 2 is 2.00 bits per heavy atom. The van der Waals surface area contributed by atoms with E-state index in [-0.39, 0.29) is 12.1 Å². The number of nitrogens with zero attached hydrogens (tertiary/aromatic N) is 2. The maximum atomic E-state index is 12.7.